The van der Waals surface area contributed by atoms with Crippen LogP contribution in [0.2, 0.25) is 5.02 Å². The van der Waals surface area contributed by atoms with Crippen LogP contribution in [0.5, 0.6) is 0 Å². The summed E-state index contributed by atoms with van der Waals surface area (Å²) in [5.41, 5.74) is 9.10. The average molecular weight is 495 g/mol. The average Bonchev–Trinajstić information content (AvgIpc) is 2.87. The number of ether oxygens (including phenoxy) is 1. The van der Waals surface area contributed by atoms with Crippen molar-refractivity contribution < 1.29 is 9.53 Å². The lowest BCUT2D eigenvalue weighted by Gasteiger charge is -2.29. The van der Waals surface area contributed by atoms with Crippen LogP contribution in [0.3, 0.4) is 0 Å². The third-order valence-electron chi connectivity index (χ3n) is 6.14. The number of morpholine rings is 1. The third-order valence-corrected chi connectivity index (χ3v) is 6.37. The van der Waals surface area contributed by atoms with E-state index in [0.717, 1.165) is 55.5 Å². The van der Waals surface area contributed by atoms with Crippen LogP contribution in [0.15, 0.2) is 54.7 Å². The fraction of sp³-hybridized carbons (Fsp3) is 0.346. The molecule has 4 rings (SSSR count). The molecule has 0 bridgehead atoms. The molecule has 1 unspecified atom stereocenters. The molecule has 1 aliphatic heterocycles. The van der Waals surface area contributed by atoms with Crippen molar-refractivity contribution >= 4 is 35.0 Å². The first-order valence-electron chi connectivity index (χ1n) is 11.7. The number of rotatable bonds is 9. The molecule has 1 aliphatic rings. The minimum absolute atomic E-state index is 0.247. The molecule has 3 aromatic rings. The van der Waals surface area contributed by atoms with E-state index < -0.39 is 5.91 Å². The van der Waals surface area contributed by atoms with Crippen molar-refractivity contribution in [2.75, 3.05) is 50.1 Å². The molecule has 9 heteroatoms. The molecule has 0 saturated carbocycles. The monoisotopic (exact) mass is 494 g/mol. The maximum Gasteiger partial charge on any atom is 0.248 e. The summed E-state index contributed by atoms with van der Waals surface area (Å²) >= 11 is 6.14. The molecule has 0 spiro atoms. The highest BCUT2D eigenvalue weighted by atomic mass is 35.5. The minimum atomic E-state index is -0.437. The Hall–Kier alpha value is -3.20. The highest BCUT2D eigenvalue weighted by Gasteiger charge is 2.17. The summed E-state index contributed by atoms with van der Waals surface area (Å²) in [6.45, 7) is 6.90. The van der Waals surface area contributed by atoms with E-state index >= 15 is 0 Å². The number of carbonyl (C=O) groups excluding carboxylic acids is 1. The van der Waals surface area contributed by atoms with Gasteiger partial charge in [-0.25, -0.2) is 4.98 Å². The number of primary amides is 1. The largest absolute Gasteiger partial charge is 0.379 e. The molecule has 1 amide bonds. The summed E-state index contributed by atoms with van der Waals surface area (Å²) in [5, 5.41) is 3.94. The molecule has 1 aromatic heterocycles. The van der Waals surface area contributed by atoms with Gasteiger partial charge in [0.05, 0.1) is 13.2 Å². The van der Waals surface area contributed by atoms with Crippen LogP contribution in [-0.2, 0) is 11.3 Å². The van der Waals surface area contributed by atoms with Gasteiger partial charge in [-0.05, 0) is 53.4 Å². The van der Waals surface area contributed by atoms with Crippen LogP contribution in [0.1, 0.15) is 34.3 Å². The van der Waals surface area contributed by atoms with Crippen molar-refractivity contribution in [3.05, 3.63) is 76.4 Å². The highest BCUT2D eigenvalue weighted by Crippen LogP contribution is 2.25. The van der Waals surface area contributed by atoms with E-state index in [4.69, 9.17) is 22.1 Å². The van der Waals surface area contributed by atoms with Crippen LogP contribution in [0.4, 0.5) is 17.5 Å². The van der Waals surface area contributed by atoms with Crippen molar-refractivity contribution in [3.63, 3.8) is 0 Å². The molecular formula is C26H31ClN6O2. The maximum atomic E-state index is 12.0. The highest BCUT2D eigenvalue weighted by molar-refractivity contribution is 6.30. The van der Waals surface area contributed by atoms with Crippen LogP contribution in [0.25, 0.3) is 0 Å². The Labute approximate surface area is 211 Å². The van der Waals surface area contributed by atoms with Crippen molar-refractivity contribution in [2.24, 2.45) is 5.73 Å². The number of nitrogens with zero attached hydrogens (tertiary/aromatic N) is 4. The Morgan fingerprint density at radius 1 is 1.23 bits per heavy atom. The van der Waals surface area contributed by atoms with Crippen LogP contribution in [-0.4, -0.2) is 60.7 Å². The lowest BCUT2D eigenvalue weighted by Crippen LogP contribution is -2.38. The Kier molecular flexibility index (Phi) is 8.17. The molecule has 0 radical (unpaired) electrons. The smallest absolute Gasteiger partial charge is 0.248 e. The van der Waals surface area contributed by atoms with Gasteiger partial charge in [-0.15, -0.1) is 0 Å². The summed E-state index contributed by atoms with van der Waals surface area (Å²) in [4.78, 5) is 25.3. The molecule has 35 heavy (non-hydrogen) atoms. The van der Waals surface area contributed by atoms with Gasteiger partial charge in [0.15, 0.2) is 0 Å². The molecular weight excluding hydrogens is 464 g/mol. The van der Waals surface area contributed by atoms with Gasteiger partial charge in [-0.2, -0.15) is 4.98 Å². The van der Waals surface area contributed by atoms with Gasteiger partial charge >= 0.3 is 0 Å². The van der Waals surface area contributed by atoms with Gasteiger partial charge in [0, 0.05) is 55.7 Å². The van der Waals surface area contributed by atoms with Gasteiger partial charge in [0.25, 0.3) is 0 Å². The fourth-order valence-corrected chi connectivity index (χ4v) is 4.33. The Morgan fingerprint density at radius 3 is 2.77 bits per heavy atom. The molecule has 1 atom stereocenters. The summed E-state index contributed by atoms with van der Waals surface area (Å²) in [6.07, 6.45) is 1.71. The van der Waals surface area contributed by atoms with Crippen molar-refractivity contribution in [2.45, 2.75) is 19.4 Å². The zero-order valence-corrected chi connectivity index (χ0v) is 20.8. The first-order valence-corrected chi connectivity index (χ1v) is 12.1. The lowest BCUT2D eigenvalue weighted by atomic mass is 9.95. The number of carbonyl (C=O) groups is 1. The van der Waals surface area contributed by atoms with E-state index in [1.165, 1.54) is 0 Å². The predicted molar refractivity (Wildman–Crippen MR) is 140 cm³/mol. The quantitative estimate of drug-likeness (QED) is 0.463. The van der Waals surface area contributed by atoms with Crippen LogP contribution < -0.4 is 16.0 Å². The summed E-state index contributed by atoms with van der Waals surface area (Å²) in [6, 6.07) is 15.3. The van der Waals surface area contributed by atoms with Crippen LogP contribution in [0, 0.1) is 0 Å². The summed E-state index contributed by atoms with van der Waals surface area (Å²) in [7, 11) is 1.93. The summed E-state index contributed by atoms with van der Waals surface area (Å²) < 4.78 is 5.45. The predicted octanol–water partition coefficient (Wildman–Crippen LogP) is 4.04. The van der Waals surface area contributed by atoms with Crippen molar-refractivity contribution in [3.8, 4) is 0 Å². The second-order valence-electron chi connectivity index (χ2n) is 8.77. The number of anilines is 3. The van der Waals surface area contributed by atoms with Crippen LogP contribution >= 0.6 is 11.6 Å². The second kappa shape index (κ2) is 11.5. The number of benzene rings is 2. The molecule has 1 fully saturated rings. The van der Waals surface area contributed by atoms with Crippen molar-refractivity contribution in [1.29, 1.82) is 0 Å². The topological polar surface area (TPSA) is 96.6 Å². The minimum Gasteiger partial charge on any atom is -0.379 e. The first-order chi connectivity index (χ1) is 16.9. The zero-order valence-electron chi connectivity index (χ0n) is 20.1. The number of amides is 1. The molecule has 184 valence electrons. The number of hydrogen-bond acceptors (Lipinski definition) is 7. The van der Waals surface area contributed by atoms with E-state index in [2.05, 4.69) is 33.2 Å². The van der Waals surface area contributed by atoms with E-state index in [-0.39, 0.29) is 5.92 Å². The zero-order chi connectivity index (χ0) is 24.8. The molecule has 2 heterocycles. The third kappa shape index (κ3) is 6.69. The molecule has 8 nitrogen and oxygen atoms in total. The SMILES string of the molecule is CC(CN1CCOCC1)c1cc(CNc2nccc(N(C)c3cccc(Cl)c3)n2)cc(C(N)=O)c1. The Morgan fingerprint density at radius 2 is 2.03 bits per heavy atom. The number of hydrogen-bond donors (Lipinski definition) is 2. The second-order valence-corrected chi connectivity index (χ2v) is 9.21. The van der Waals surface area contributed by atoms with E-state index in [0.29, 0.717) is 23.1 Å². The van der Waals surface area contributed by atoms with Gasteiger partial charge in [-0.1, -0.05) is 30.7 Å². The molecule has 0 aliphatic carbocycles. The number of nitrogens with two attached hydrogens (primary N) is 1. The molecule has 3 N–H and O–H groups in total. The van der Waals surface area contributed by atoms with Gasteiger partial charge in [0.2, 0.25) is 11.9 Å². The normalized spacial score (nSPS) is 14.9. The van der Waals surface area contributed by atoms with Gasteiger partial charge in [-0.3, -0.25) is 9.69 Å². The maximum absolute atomic E-state index is 12.0. The fourth-order valence-electron chi connectivity index (χ4n) is 4.14. The number of aromatic nitrogens is 2. The molecule has 2 aromatic carbocycles. The first kappa shape index (κ1) is 24.9. The number of halogens is 1. The van der Waals surface area contributed by atoms with Gasteiger partial charge < -0.3 is 20.7 Å². The Bertz CT molecular complexity index is 1170. The standard InChI is InChI=1S/C26H31ClN6O2/c1-18(17-33-8-10-35-11-9-33)20-12-19(13-21(14-20)25(28)34)16-30-26-29-7-6-24(31-26)32(2)23-5-3-4-22(27)15-23/h3-7,12-15,18H,8-11,16-17H2,1-2H3,(H2,28,34)(H,29,30,31). The van der Waals surface area contributed by atoms with E-state index in [9.17, 15) is 4.79 Å². The van der Waals surface area contributed by atoms with Gasteiger partial charge in [0.1, 0.15) is 5.82 Å². The lowest BCUT2D eigenvalue weighted by molar-refractivity contribution is 0.0357. The number of nitrogens with one attached hydrogen (secondary N) is 1. The van der Waals surface area contributed by atoms with Crippen molar-refractivity contribution in [1.82, 2.24) is 14.9 Å². The molecule has 1 saturated heterocycles. The Balaban J connectivity index is 1.48. The van der Waals surface area contributed by atoms with E-state index in [1.54, 1.807) is 6.20 Å². The summed E-state index contributed by atoms with van der Waals surface area (Å²) in [5.74, 6) is 1.03. The van der Waals surface area contributed by atoms with E-state index in [1.807, 2.05) is 54.4 Å².